The van der Waals surface area contributed by atoms with E-state index < -0.39 is 0 Å². The van der Waals surface area contributed by atoms with Crippen LogP contribution in [0.5, 0.6) is 0 Å². The van der Waals surface area contributed by atoms with Crippen LogP contribution in [0.25, 0.3) is 0 Å². The fourth-order valence-corrected chi connectivity index (χ4v) is 3.97. The molecule has 2 aromatic heterocycles. The summed E-state index contributed by atoms with van der Waals surface area (Å²) in [6, 6.07) is 3.75. The molecule has 0 radical (unpaired) electrons. The van der Waals surface area contributed by atoms with Crippen LogP contribution >= 0.6 is 50.2 Å². The van der Waals surface area contributed by atoms with E-state index in [0.29, 0.717) is 9.21 Å². The van der Waals surface area contributed by atoms with Crippen LogP contribution in [-0.4, -0.2) is 5.78 Å². The molecule has 2 rings (SSSR count). The van der Waals surface area contributed by atoms with Crippen molar-refractivity contribution in [3.05, 3.63) is 41.1 Å². The fourth-order valence-electron chi connectivity index (χ4n) is 1.26. The molecule has 0 bridgehead atoms. The zero-order chi connectivity index (χ0) is 11.9. The second kappa shape index (κ2) is 4.61. The third-order valence-corrected chi connectivity index (χ3v) is 5.85. The van der Waals surface area contributed by atoms with Gasteiger partial charge in [0.1, 0.15) is 0 Å². The third-order valence-electron chi connectivity index (χ3n) is 2.16. The van der Waals surface area contributed by atoms with E-state index in [4.69, 9.17) is 11.6 Å². The lowest BCUT2D eigenvalue weighted by molar-refractivity contribution is 0.104. The van der Waals surface area contributed by atoms with Crippen molar-refractivity contribution in [2.45, 2.75) is 13.8 Å². The Hall–Kier alpha value is -0.160. The number of thiophene rings is 2. The normalized spacial score (nSPS) is 10.8. The lowest BCUT2D eigenvalue weighted by atomic mass is 10.2. The van der Waals surface area contributed by atoms with E-state index in [9.17, 15) is 4.79 Å². The molecule has 2 aromatic rings. The Morgan fingerprint density at radius 2 is 1.75 bits per heavy atom. The molecule has 0 fully saturated rings. The van der Waals surface area contributed by atoms with Crippen LogP contribution in [0.1, 0.15) is 25.7 Å². The molecule has 0 saturated heterocycles. The highest BCUT2D eigenvalue weighted by Gasteiger charge is 2.16. The summed E-state index contributed by atoms with van der Waals surface area (Å²) < 4.78 is 1.70. The average molecular weight is 336 g/mol. The Balaban J connectivity index is 2.38. The summed E-state index contributed by atoms with van der Waals surface area (Å²) in [6.07, 6.45) is 0. The van der Waals surface area contributed by atoms with Crippen molar-refractivity contribution >= 4 is 56.0 Å². The van der Waals surface area contributed by atoms with Crippen molar-refractivity contribution < 1.29 is 4.79 Å². The predicted molar refractivity (Wildman–Crippen MR) is 74.3 cm³/mol. The van der Waals surface area contributed by atoms with E-state index in [1.165, 1.54) is 22.7 Å². The standard InChI is InChI=1S/C11H8BrClOS2/c1-5-3-7(15-10(5)12)9(14)8-4-6(2)11(13)16-8/h3-4H,1-2H3. The van der Waals surface area contributed by atoms with Gasteiger partial charge in [-0.15, -0.1) is 22.7 Å². The van der Waals surface area contributed by atoms with Crippen LogP contribution in [0.3, 0.4) is 0 Å². The molecule has 0 amide bonds. The van der Waals surface area contributed by atoms with E-state index in [0.717, 1.165) is 19.8 Å². The number of carbonyl (C=O) groups excluding carboxylic acids is 1. The first-order valence-electron chi connectivity index (χ1n) is 4.55. The van der Waals surface area contributed by atoms with Crippen molar-refractivity contribution in [2.75, 3.05) is 0 Å². The monoisotopic (exact) mass is 334 g/mol. The van der Waals surface area contributed by atoms with E-state index in [1.54, 1.807) is 0 Å². The topological polar surface area (TPSA) is 17.1 Å². The molecule has 16 heavy (non-hydrogen) atoms. The van der Waals surface area contributed by atoms with E-state index in [-0.39, 0.29) is 5.78 Å². The van der Waals surface area contributed by atoms with Crippen molar-refractivity contribution in [1.29, 1.82) is 0 Å². The maximum Gasteiger partial charge on any atom is 0.212 e. The van der Waals surface area contributed by atoms with Crippen LogP contribution in [0.2, 0.25) is 4.34 Å². The Labute approximate surface area is 115 Å². The fraction of sp³-hybridized carbons (Fsp3) is 0.182. The second-order valence-corrected chi connectivity index (χ2v) is 7.49. The summed E-state index contributed by atoms with van der Waals surface area (Å²) in [7, 11) is 0. The quantitative estimate of drug-likeness (QED) is 0.700. The zero-order valence-corrected chi connectivity index (χ0v) is 12.6. The minimum absolute atomic E-state index is 0.0544. The van der Waals surface area contributed by atoms with Gasteiger partial charge in [0.2, 0.25) is 5.78 Å². The molecule has 0 aromatic carbocycles. The smallest absolute Gasteiger partial charge is 0.212 e. The van der Waals surface area contributed by atoms with Gasteiger partial charge in [0.25, 0.3) is 0 Å². The highest BCUT2D eigenvalue weighted by molar-refractivity contribution is 9.11. The van der Waals surface area contributed by atoms with Gasteiger partial charge in [0, 0.05) is 0 Å². The summed E-state index contributed by atoms with van der Waals surface area (Å²) >= 11 is 12.2. The van der Waals surface area contributed by atoms with Gasteiger partial charge >= 0.3 is 0 Å². The molecule has 84 valence electrons. The van der Waals surface area contributed by atoms with Crippen LogP contribution in [0.15, 0.2) is 15.9 Å². The van der Waals surface area contributed by atoms with Gasteiger partial charge in [-0.2, -0.15) is 0 Å². The van der Waals surface area contributed by atoms with Crippen molar-refractivity contribution in [1.82, 2.24) is 0 Å². The van der Waals surface area contributed by atoms with E-state index in [2.05, 4.69) is 15.9 Å². The molecule has 1 nitrogen and oxygen atoms in total. The van der Waals surface area contributed by atoms with E-state index >= 15 is 0 Å². The zero-order valence-electron chi connectivity index (χ0n) is 8.64. The number of hydrogen-bond donors (Lipinski definition) is 0. The Morgan fingerprint density at radius 1 is 1.19 bits per heavy atom. The van der Waals surface area contributed by atoms with Gasteiger partial charge in [0.15, 0.2) is 0 Å². The third kappa shape index (κ3) is 2.25. The molecule has 0 aliphatic rings. The number of ketones is 1. The van der Waals surface area contributed by atoms with Crippen molar-refractivity contribution in [3.63, 3.8) is 0 Å². The van der Waals surface area contributed by atoms with Crippen LogP contribution in [0, 0.1) is 13.8 Å². The molecule has 0 N–H and O–H groups in total. The molecule has 0 aliphatic heterocycles. The molecular formula is C11H8BrClOS2. The Kier molecular flexibility index (Phi) is 3.54. The highest BCUT2D eigenvalue weighted by atomic mass is 79.9. The molecule has 0 aliphatic carbocycles. The number of rotatable bonds is 2. The van der Waals surface area contributed by atoms with Gasteiger partial charge in [-0.3, -0.25) is 4.79 Å². The van der Waals surface area contributed by atoms with Crippen LogP contribution < -0.4 is 0 Å². The molecule has 5 heteroatoms. The second-order valence-electron chi connectivity index (χ2n) is 3.46. The SMILES string of the molecule is Cc1cc(C(=O)c2cc(C)c(Br)s2)sc1Cl. The Morgan fingerprint density at radius 3 is 2.19 bits per heavy atom. The number of carbonyl (C=O) groups is 1. The summed E-state index contributed by atoms with van der Waals surface area (Å²) in [5, 5.41) is 0. The van der Waals surface area contributed by atoms with Crippen molar-refractivity contribution in [3.8, 4) is 0 Å². The van der Waals surface area contributed by atoms with Crippen LogP contribution in [0.4, 0.5) is 0 Å². The molecule has 0 unspecified atom stereocenters. The number of halogens is 2. The lowest BCUT2D eigenvalue weighted by Crippen LogP contribution is -1.94. The first-order valence-corrected chi connectivity index (χ1v) is 7.36. The summed E-state index contributed by atoms with van der Waals surface area (Å²) in [4.78, 5) is 13.6. The number of hydrogen-bond acceptors (Lipinski definition) is 3. The Bertz CT molecular complexity index is 469. The first kappa shape index (κ1) is 12.3. The largest absolute Gasteiger partial charge is 0.287 e. The highest BCUT2D eigenvalue weighted by Crippen LogP contribution is 2.33. The van der Waals surface area contributed by atoms with Crippen molar-refractivity contribution in [2.24, 2.45) is 0 Å². The maximum atomic E-state index is 12.1. The molecule has 0 spiro atoms. The van der Waals surface area contributed by atoms with Crippen LogP contribution in [-0.2, 0) is 0 Å². The summed E-state index contributed by atoms with van der Waals surface area (Å²) in [5.41, 5.74) is 2.05. The van der Waals surface area contributed by atoms with Gasteiger partial charge in [-0.1, -0.05) is 11.6 Å². The maximum absolute atomic E-state index is 12.1. The van der Waals surface area contributed by atoms with Gasteiger partial charge in [-0.05, 0) is 53.0 Å². The molecule has 0 atom stereocenters. The summed E-state index contributed by atoms with van der Waals surface area (Å²) in [5.74, 6) is 0.0544. The van der Waals surface area contributed by atoms with E-state index in [1.807, 2.05) is 26.0 Å². The predicted octanol–water partition coefficient (Wildman–Crippen LogP) is 5.07. The van der Waals surface area contributed by atoms with Gasteiger partial charge < -0.3 is 0 Å². The minimum atomic E-state index is 0.0544. The average Bonchev–Trinajstić information content (AvgIpc) is 2.72. The first-order chi connectivity index (χ1) is 7.49. The minimum Gasteiger partial charge on any atom is -0.287 e. The molecule has 0 saturated carbocycles. The van der Waals surface area contributed by atoms with Gasteiger partial charge in [-0.25, -0.2) is 0 Å². The molecule has 2 heterocycles. The summed E-state index contributed by atoms with van der Waals surface area (Å²) in [6.45, 7) is 3.88. The lowest BCUT2D eigenvalue weighted by Gasteiger charge is -1.90. The molecular weight excluding hydrogens is 328 g/mol. The number of aryl methyl sites for hydroxylation is 2. The van der Waals surface area contributed by atoms with Gasteiger partial charge in [0.05, 0.1) is 17.9 Å².